The second-order valence-electron chi connectivity index (χ2n) is 8.45. The minimum absolute atomic E-state index is 0.351. The molecule has 1 aliphatic heterocycles. The van der Waals surface area contributed by atoms with Crippen molar-refractivity contribution in [3.63, 3.8) is 0 Å². The van der Waals surface area contributed by atoms with E-state index < -0.39 is 11.9 Å². The number of methoxy groups -OCH3 is 1. The van der Waals surface area contributed by atoms with Crippen molar-refractivity contribution >= 4 is 23.3 Å². The molecule has 0 bridgehead atoms. The third-order valence-corrected chi connectivity index (χ3v) is 6.15. The van der Waals surface area contributed by atoms with E-state index in [0.717, 1.165) is 13.0 Å². The maximum atomic E-state index is 9.10. The predicted octanol–water partition coefficient (Wildman–Crippen LogP) is 5.04. The van der Waals surface area contributed by atoms with Crippen molar-refractivity contribution in [2.75, 3.05) is 31.6 Å². The Kier molecular flexibility index (Phi) is 12.1. The number of hydrogen-bond donors (Lipinski definition) is 2. The van der Waals surface area contributed by atoms with Crippen LogP contribution in [-0.4, -0.2) is 65.9 Å². The second-order valence-corrected chi connectivity index (χ2v) is 8.45. The smallest absolute Gasteiger partial charge is 0.414 e. The number of unbranched alkanes of at least 4 members (excludes halogenated alkanes) is 2. The highest BCUT2D eigenvalue weighted by molar-refractivity contribution is 6.27. The van der Waals surface area contributed by atoms with Crippen molar-refractivity contribution in [1.82, 2.24) is 4.90 Å². The van der Waals surface area contributed by atoms with E-state index in [9.17, 15) is 0 Å². The molecule has 0 saturated carbocycles. The van der Waals surface area contributed by atoms with Crippen LogP contribution in [0, 0.1) is 0 Å². The van der Waals surface area contributed by atoms with Crippen molar-refractivity contribution in [3.8, 4) is 0 Å². The summed E-state index contributed by atoms with van der Waals surface area (Å²) in [4.78, 5) is 23.3. The van der Waals surface area contributed by atoms with Gasteiger partial charge in [0, 0.05) is 31.1 Å². The van der Waals surface area contributed by atoms with E-state index in [2.05, 4.69) is 77.4 Å². The quantitative estimate of drug-likeness (QED) is 0.371. The van der Waals surface area contributed by atoms with Crippen LogP contribution in [0.3, 0.4) is 0 Å². The van der Waals surface area contributed by atoms with Crippen molar-refractivity contribution in [3.05, 3.63) is 60.7 Å². The molecule has 1 saturated heterocycles. The molecule has 7 nitrogen and oxygen atoms in total. The maximum Gasteiger partial charge on any atom is 0.414 e. The average molecular weight is 471 g/mol. The molecule has 2 N–H and O–H groups in total. The molecule has 186 valence electrons. The van der Waals surface area contributed by atoms with E-state index in [1.165, 1.54) is 56.6 Å². The van der Waals surface area contributed by atoms with Crippen molar-refractivity contribution < 1.29 is 24.5 Å². The van der Waals surface area contributed by atoms with Gasteiger partial charge >= 0.3 is 11.9 Å². The van der Waals surface area contributed by atoms with Gasteiger partial charge in [0.25, 0.3) is 0 Å². The number of carboxylic acid groups (broad SMARTS) is 2. The molecule has 0 amide bonds. The molecule has 1 fully saturated rings. The Labute approximate surface area is 203 Å². The van der Waals surface area contributed by atoms with Crippen LogP contribution in [0.15, 0.2) is 60.7 Å². The molecule has 2 unspecified atom stereocenters. The fourth-order valence-corrected chi connectivity index (χ4v) is 4.46. The Morgan fingerprint density at radius 1 is 0.971 bits per heavy atom. The number of piperidine rings is 1. The Balaban J connectivity index is 0.000000604. The third kappa shape index (κ3) is 8.80. The molecule has 0 aromatic heterocycles. The first kappa shape index (κ1) is 27.3. The fourth-order valence-electron chi connectivity index (χ4n) is 4.46. The number of aliphatic carboxylic acids is 2. The van der Waals surface area contributed by atoms with E-state index in [1.54, 1.807) is 0 Å². The summed E-state index contributed by atoms with van der Waals surface area (Å²) in [6, 6.07) is 22.0. The van der Waals surface area contributed by atoms with Gasteiger partial charge in [-0.05, 0) is 63.0 Å². The number of hydrogen-bond acceptors (Lipinski definition) is 5. The number of carbonyl (C=O) groups is 2. The third-order valence-electron chi connectivity index (χ3n) is 6.15. The van der Waals surface area contributed by atoms with Gasteiger partial charge in [0.15, 0.2) is 0 Å². The van der Waals surface area contributed by atoms with Crippen LogP contribution in [0.2, 0.25) is 0 Å². The Bertz CT molecular complexity index is 795. The number of benzene rings is 2. The van der Waals surface area contributed by atoms with E-state index in [1.807, 2.05) is 7.11 Å². The summed E-state index contributed by atoms with van der Waals surface area (Å²) >= 11 is 0. The lowest BCUT2D eigenvalue weighted by atomic mass is 9.95. The second kappa shape index (κ2) is 15.1. The zero-order chi connectivity index (χ0) is 24.8. The predicted molar refractivity (Wildman–Crippen MR) is 135 cm³/mol. The van der Waals surface area contributed by atoms with Gasteiger partial charge in [-0.1, -0.05) is 56.2 Å². The first-order valence-electron chi connectivity index (χ1n) is 12.1. The number of para-hydroxylation sites is 2. The van der Waals surface area contributed by atoms with Gasteiger partial charge in [0.2, 0.25) is 0 Å². The molecule has 2 aromatic rings. The van der Waals surface area contributed by atoms with Gasteiger partial charge < -0.3 is 19.8 Å². The lowest BCUT2D eigenvalue weighted by Crippen LogP contribution is -2.50. The Morgan fingerprint density at radius 2 is 1.53 bits per heavy atom. The first-order valence-corrected chi connectivity index (χ1v) is 12.1. The highest BCUT2D eigenvalue weighted by Gasteiger charge is 2.31. The number of nitrogens with zero attached hydrogens (tertiary/aromatic N) is 2. The molecule has 34 heavy (non-hydrogen) atoms. The van der Waals surface area contributed by atoms with Crippen molar-refractivity contribution in [2.45, 2.75) is 57.6 Å². The molecule has 1 heterocycles. The van der Waals surface area contributed by atoms with Crippen LogP contribution < -0.4 is 4.90 Å². The molecule has 3 rings (SSSR count). The standard InChI is InChI=1S/C25H36N2O.C2H2O4/c1-3-4-11-19-26-20-12-17-25(28-2)24(26)18-21-27(22-13-7-5-8-14-22)23-15-9-6-10-16-23;3-1(4)2(5)6/h5-10,13-16,24-25H,3-4,11-12,17-21H2,1-2H3;(H,3,4)(H,5,6). The molecule has 0 aliphatic carbocycles. The van der Waals surface area contributed by atoms with Crippen LogP contribution in [0.4, 0.5) is 11.4 Å². The SMILES string of the molecule is CCCCCN1CCCC(OC)C1CCN(c1ccccc1)c1ccccc1.O=C(O)C(=O)O. The van der Waals surface area contributed by atoms with Gasteiger partial charge in [-0.2, -0.15) is 0 Å². The highest BCUT2D eigenvalue weighted by atomic mass is 16.5. The van der Waals surface area contributed by atoms with E-state index in [0.29, 0.717) is 12.1 Å². The molecule has 0 spiro atoms. The summed E-state index contributed by atoms with van der Waals surface area (Å²) < 4.78 is 5.92. The Hall–Kier alpha value is -2.90. The van der Waals surface area contributed by atoms with Crippen molar-refractivity contribution in [2.24, 2.45) is 0 Å². The number of anilines is 2. The van der Waals surface area contributed by atoms with Crippen LogP contribution >= 0.6 is 0 Å². The van der Waals surface area contributed by atoms with E-state index >= 15 is 0 Å². The van der Waals surface area contributed by atoms with Crippen LogP contribution in [-0.2, 0) is 14.3 Å². The zero-order valence-corrected chi connectivity index (χ0v) is 20.3. The molecule has 1 aliphatic rings. The summed E-state index contributed by atoms with van der Waals surface area (Å²) in [5.74, 6) is -3.65. The lowest BCUT2D eigenvalue weighted by molar-refractivity contribution is -0.159. The molecule has 0 radical (unpaired) electrons. The van der Waals surface area contributed by atoms with E-state index in [-0.39, 0.29) is 0 Å². The molecule has 2 aromatic carbocycles. The highest BCUT2D eigenvalue weighted by Crippen LogP contribution is 2.28. The minimum Gasteiger partial charge on any atom is -0.473 e. The summed E-state index contributed by atoms with van der Waals surface area (Å²) in [6.45, 7) is 5.70. The van der Waals surface area contributed by atoms with Gasteiger partial charge in [0.1, 0.15) is 0 Å². The average Bonchev–Trinajstić information content (AvgIpc) is 2.86. The summed E-state index contributed by atoms with van der Waals surface area (Å²) in [7, 11) is 1.89. The summed E-state index contributed by atoms with van der Waals surface area (Å²) in [5.41, 5.74) is 2.52. The summed E-state index contributed by atoms with van der Waals surface area (Å²) in [6.07, 6.45) is 7.80. The van der Waals surface area contributed by atoms with Gasteiger partial charge in [-0.25, -0.2) is 9.59 Å². The molecular weight excluding hydrogens is 432 g/mol. The topological polar surface area (TPSA) is 90.3 Å². The number of likely N-dealkylation sites (tertiary alicyclic amines) is 1. The van der Waals surface area contributed by atoms with Gasteiger partial charge in [0.05, 0.1) is 6.10 Å². The first-order chi connectivity index (χ1) is 16.5. The zero-order valence-electron chi connectivity index (χ0n) is 20.3. The normalized spacial score (nSPS) is 17.9. The molecular formula is C27H38N2O5. The lowest BCUT2D eigenvalue weighted by Gasteiger charge is -2.42. The van der Waals surface area contributed by atoms with Crippen molar-refractivity contribution in [1.29, 1.82) is 0 Å². The van der Waals surface area contributed by atoms with Crippen LogP contribution in [0.1, 0.15) is 45.4 Å². The fraction of sp³-hybridized carbons (Fsp3) is 0.481. The molecule has 2 atom stereocenters. The molecule has 7 heteroatoms. The van der Waals surface area contributed by atoms with Crippen LogP contribution in [0.25, 0.3) is 0 Å². The number of carboxylic acids is 2. The Morgan fingerprint density at radius 3 is 2.00 bits per heavy atom. The monoisotopic (exact) mass is 470 g/mol. The minimum atomic E-state index is -1.82. The van der Waals surface area contributed by atoms with Gasteiger partial charge in [-0.15, -0.1) is 0 Å². The van der Waals surface area contributed by atoms with E-state index in [4.69, 9.17) is 24.5 Å². The number of ether oxygens (including phenoxy) is 1. The van der Waals surface area contributed by atoms with Gasteiger partial charge in [-0.3, -0.25) is 4.90 Å². The number of rotatable bonds is 10. The maximum absolute atomic E-state index is 9.10. The summed E-state index contributed by atoms with van der Waals surface area (Å²) in [5, 5.41) is 14.8. The largest absolute Gasteiger partial charge is 0.473 e. The van der Waals surface area contributed by atoms with Crippen LogP contribution in [0.5, 0.6) is 0 Å².